The van der Waals surface area contributed by atoms with E-state index in [1.807, 2.05) is 18.2 Å². The number of anilines is 1. The molecule has 1 aromatic rings. The zero-order chi connectivity index (χ0) is 17.1. The summed E-state index contributed by atoms with van der Waals surface area (Å²) in [5.74, 6) is 0.501. The van der Waals surface area contributed by atoms with Gasteiger partial charge in [-0.15, -0.1) is 0 Å². The van der Waals surface area contributed by atoms with E-state index in [1.165, 1.54) is 0 Å². The van der Waals surface area contributed by atoms with Crippen LogP contribution in [0.4, 0.5) is 5.69 Å². The van der Waals surface area contributed by atoms with Crippen LogP contribution >= 0.6 is 0 Å². The number of carbonyl (C=O) groups is 3. The highest BCUT2D eigenvalue weighted by molar-refractivity contribution is 5.95. The van der Waals surface area contributed by atoms with E-state index in [0.29, 0.717) is 44.6 Å². The normalized spacial score (nSPS) is 20.0. The minimum absolute atomic E-state index is 0.0242. The number of fused-ring (bicyclic) bond motifs is 1. The average Bonchev–Trinajstić information content (AvgIpc) is 2.95. The van der Waals surface area contributed by atoms with Crippen LogP contribution < -0.4 is 20.3 Å². The Morgan fingerprint density at radius 1 is 1.38 bits per heavy atom. The molecule has 24 heavy (non-hydrogen) atoms. The number of benzene rings is 1. The van der Waals surface area contributed by atoms with Crippen LogP contribution in [0.3, 0.4) is 0 Å². The number of nitrogens with one attached hydrogen (secondary N) is 2. The molecule has 2 aliphatic rings. The van der Waals surface area contributed by atoms with Crippen LogP contribution in [0, 0.1) is 0 Å². The predicted molar refractivity (Wildman–Crippen MR) is 87.8 cm³/mol. The Labute approximate surface area is 140 Å². The van der Waals surface area contributed by atoms with Gasteiger partial charge in [-0.1, -0.05) is 6.07 Å². The van der Waals surface area contributed by atoms with E-state index in [9.17, 15) is 14.4 Å². The third-order valence-corrected chi connectivity index (χ3v) is 4.36. The average molecular weight is 331 g/mol. The van der Waals surface area contributed by atoms with Gasteiger partial charge >= 0.3 is 0 Å². The van der Waals surface area contributed by atoms with E-state index in [2.05, 4.69) is 10.6 Å². The number of hydrogen-bond acceptors (Lipinski definition) is 4. The van der Waals surface area contributed by atoms with Gasteiger partial charge in [0.25, 0.3) is 0 Å². The molecule has 1 fully saturated rings. The van der Waals surface area contributed by atoms with Crippen molar-refractivity contribution >= 4 is 23.4 Å². The second-order valence-corrected chi connectivity index (χ2v) is 6.05. The molecule has 0 spiro atoms. The first kappa shape index (κ1) is 16.3. The smallest absolute Gasteiger partial charge is 0.242 e. The second-order valence-electron chi connectivity index (χ2n) is 6.05. The van der Waals surface area contributed by atoms with Gasteiger partial charge in [0.15, 0.2) is 0 Å². The highest BCUT2D eigenvalue weighted by atomic mass is 16.5. The third kappa shape index (κ3) is 3.50. The molecule has 0 aromatic heterocycles. The lowest BCUT2D eigenvalue weighted by Gasteiger charge is -2.17. The molecule has 0 saturated carbocycles. The highest BCUT2D eigenvalue weighted by Crippen LogP contribution is 2.31. The van der Waals surface area contributed by atoms with Gasteiger partial charge in [-0.25, -0.2) is 0 Å². The number of hydrogen-bond donors (Lipinski definition) is 2. The molecule has 0 aliphatic carbocycles. The van der Waals surface area contributed by atoms with Crippen LogP contribution in [0.5, 0.6) is 5.75 Å². The molecule has 1 saturated heterocycles. The van der Waals surface area contributed by atoms with Crippen LogP contribution in [-0.2, 0) is 20.8 Å². The fraction of sp³-hybridized carbons (Fsp3) is 0.471. The van der Waals surface area contributed by atoms with Crippen molar-refractivity contribution in [1.82, 2.24) is 10.6 Å². The molecule has 1 unspecified atom stereocenters. The van der Waals surface area contributed by atoms with E-state index < -0.39 is 6.04 Å². The molecule has 3 rings (SSSR count). The van der Waals surface area contributed by atoms with E-state index in [-0.39, 0.29) is 17.7 Å². The van der Waals surface area contributed by atoms with Gasteiger partial charge in [0, 0.05) is 20.0 Å². The Morgan fingerprint density at radius 2 is 2.21 bits per heavy atom. The Kier molecular flexibility index (Phi) is 4.69. The number of rotatable bonds is 4. The van der Waals surface area contributed by atoms with E-state index in [1.54, 1.807) is 11.9 Å². The summed E-state index contributed by atoms with van der Waals surface area (Å²) in [4.78, 5) is 36.6. The summed E-state index contributed by atoms with van der Waals surface area (Å²) in [6, 6.07) is 5.30. The predicted octanol–water partition coefficient (Wildman–Crippen LogP) is 0.369. The zero-order valence-electron chi connectivity index (χ0n) is 13.6. The first-order valence-electron chi connectivity index (χ1n) is 8.14. The molecule has 2 heterocycles. The van der Waals surface area contributed by atoms with Gasteiger partial charge in [-0.05, 0) is 30.5 Å². The summed E-state index contributed by atoms with van der Waals surface area (Å²) < 4.78 is 5.59. The number of amides is 3. The van der Waals surface area contributed by atoms with Gasteiger partial charge < -0.3 is 20.3 Å². The second kappa shape index (κ2) is 6.90. The van der Waals surface area contributed by atoms with Crippen molar-refractivity contribution < 1.29 is 19.1 Å². The molecule has 7 heteroatoms. The summed E-state index contributed by atoms with van der Waals surface area (Å²) in [6.45, 7) is 0.862. The van der Waals surface area contributed by atoms with Gasteiger partial charge in [-0.2, -0.15) is 0 Å². The molecular weight excluding hydrogens is 310 g/mol. The Balaban J connectivity index is 1.58. The summed E-state index contributed by atoms with van der Waals surface area (Å²) in [7, 11) is 1.74. The SMILES string of the molecule is CN1C(=O)CCOc2ccc(CCNC(=O)C3CCC(=O)N3)cc21. The number of carbonyl (C=O) groups excluding carboxylic acids is 3. The maximum atomic E-state index is 12.0. The van der Waals surface area contributed by atoms with Crippen molar-refractivity contribution in [1.29, 1.82) is 0 Å². The Hall–Kier alpha value is -2.57. The maximum Gasteiger partial charge on any atom is 0.242 e. The van der Waals surface area contributed by atoms with E-state index in [0.717, 1.165) is 11.3 Å². The molecule has 2 aliphatic heterocycles. The van der Waals surface area contributed by atoms with Crippen LogP contribution in [0.25, 0.3) is 0 Å². The van der Waals surface area contributed by atoms with Gasteiger partial charge in [0.2, 0.25) is 17.7 Å². The van der Waals surface area contributed by atoms with E-state index in [4.69, 9.17) is 4.74 Å². The third-order valence-electron chi connectivity index (χ3n) is 4.36. The molecule has 2 N–H and O–H groups in total. The number of ether oxygens (including phenoxy) is 1. The minimum atomic E-state index is -0.415. The van der Waals surface area contributed by atoms with Gasteiger partial charge in [0.05, 0.1) is 18.7 Å². The van der Waals surface area contributed by atoms with Crippen LogP contribution in [0.15, 0.2) is 18.2 Å². The Morgan fingerprint density at radius 3 is 2.96 bits per heavy atom. The zero-order valence-corrected chi connectivity index (χ0v) is 13.6. The lowest BCUT2D eigenvalue weighted by molar-refractivity contribution is -0.125. The lowest BCUT2D eigenvalue weighted by atomic mass is 10.1. The molecule has 3 amide bonds. The first-order valence-corrected chi connectivity index (χ1v) is 8.14. The summed E-state index contributed by atoms with van der Waals surface area (Å²) in [6.07, 6.45) is 1.96. The molecule has 1 atom stereocenters. The summed E-state index contributed by atoms with van der Waals surface area (Å²) in [5.41, 5.74) is 1.76. The highest BCUT2D eigenvalue weighted by Gasteiger charge is 2.26. The monoisotopic (exact) mass is 331 g/mol. The van der Waals surface area contributed by atoms with Crippen molar-refractivity contribution in [2.75, 3.05) is 25.1 Å². The first-order chi connectivity index (χ1) is 11.5. The summed E-state index contributed by atoms with van der Waals surface area (Å²) >= 11 is 0. The molecule has 128 valence electrons. The quantitative estimate of drug-likeness (QED) is 0.834. The molecule has 0 bridgehead atoms. The van der Waals surface area contributed by atoms with Crippen molar-refractivity contribution in [3.8, 4) is 5.75 Å². The van der Waals surface area contributed by atoms with Crippen molar-refractivity contribution in [3.63, 3.8) is 0 Å². The molecular formula is C17H21N3O4. The fourth-order valence-electron chi connectivity index (χ4n) is 2.92. The van der Waals surface area contributed by atoms with Crippen molar-refractivity contribution in [3.05, 3.63) is 23.8 Å². The van der Waals surface area contributed by atoms with Crippen LogP contribution in [0.2, 0.25) is 0 Å². The maximum absolute atomic E-state index is 12.0. The van der Waals surface area contributed by atoms with Gasteiger partial charge in [0.1, 0.15) is 11.8 Å². The largest absolute Gasteiger partial charge is 0.491 e. The van der Waals surface area contributed by atoms with Crippen LogP contribution in [0.1, 0.15) is 24.8 Å². The minimum Gasteiger partial charge on any atom is -0.491 e. The standard InChI is InChI=1S/C17H21N3O4/c1-20-13-10-11(2-4-14(13)24-9-7-16(20)22)6-8-18-17(23)12-3-5-15(21)19-12/h2,4,10,12H,3,5-9H2,1H3,(H,18,23)(H,19,21). The molecule has 0 radical (unpaired) electrons. The topological polar surface area (TPSA) is 87.7 Å². The van der Waals surface area contributed by atoms with Crippen molar-refractivity contribution in [2.24, 2.45) is 0 Å². The number of nitrogens with zero attached hydrogens (tertiary/aromatic N) is 1. The molecule has 7 nitrogen and oxygen atoms in total. The van der Waals surface area contributed by atoms with Crippen LogP contribution in [-0.4, -0.2) is 44.0 Å². The Bertz CT molecular complexity index is 674. The van der Waals surface area contributed by atoms with Crippen molar-refractivity contribution in [2.45, 2.75) is 31.7 Å². The van der Waals surface area contributed by atoms with E-state index >= 15 is 0 Å². The van der Waals surface area contributed by atoms with Gasteiger partial charge in [-0.3, -0.25) is 14.4 Å². The lowest BCUT2D eigenvalue weighted by Crippen LogP contribution is -2.42. The summed E-state index contributed by atoms with van der Waals surface area (Å²) in [5, 5.41) is 5.49. The molecule has 1 aromatic carbocycles. The fourth-order valence-corrected chi connectivity index (χ4v) is 2.92.